The van der Waals surface area contributed by atoms with Gasteiger partial charge in [-0.3, -0.25) is 0 Å². The van der Waals surface area contributed by atoms with E-state index in [1.54, 1.807) is 0 Å². The molecule has 0 aliphatic carbocycles. The van der Waals surface area contributed by atoms with Crippen molar-refractivity contribution in [2.45, 2.75) is 19.4 Å². The van der Waals surface area contributed by atoms with E-state index in [2.05, 4.69) is 98.8 Å². The normalized spacial score (nSPS) is 17.7. The highest BCUT2D eigenvalue weighted by atomic mass is 31.2. The van der Waals surface area contributed by atoms with Crippen LogP contribution in [0.15, 0.2) is 84.9 Å². The molecule has 3 aromatic carbocycles. The van der Waals surface area contributed by atoms with Gasteiger partial charge in [0.2, 0.25) is 7.49 Å². The molecule has 1 nitrogen and oxygen atoms in total. The third-order valence-electron chi connectivity index (χ3n) is 4.50. The molecule has 0 atom stereocenters. The summed E-state index contributed by atoms with van der Waals surface area (Å²) in [6.45, 7) is 4.36. The largest absolute Gasteiger partial charge is 0.243 e. The van der Waals surface area contributed by atoms with Crippen LogP contribution in [0.2, 0.25) is 0 Å². The lowest BCUT2D eigenvalue weighted by atomic mass is 9.99. The topological polar surface area (TPSA) is 9.23 Å². The second-order valence-corrected chi connectivity index (χ2v) is 9.31. The Morgan fingerprint density at radius 1 is 0.652 bits per heavy atom. The highest BCUT2D eigenvalue weighted by Gasteiger charge is 2.60. The highest BCUT2D eigenvalue weighted by molar-refractivity contribution is 7.92. The number of fused-ring (bicyclic) bond motifs is 1. The smallest absolute Gasteiger partial charge is 0.211 e. The van der Waals surface area contributed by atoms with Crippen molar-refractivity contribution in [1.82, 2.24) is 0 Å². The van der Waals surface area contributed by atoms with E-state index < -0.39 is 7.49 Å². The molecule has 0 saturated heterocycles. The van der Waals surface area contributed by atoms with Crippen LogP contribution in [0.25, 0.3) is 0 Å². The van der Waals surface area contributed by atoms with Gasteiger partial charge in [-0.2, -0.15) is 0 Å². The van der Waals surface area contributed by atoms with Crippen LogP contribution in [0.4, 0.5) is 0 Å². The van der Waals surface area contributed by atoms with Crippen molar-refractivity contribution in [2.24, 2.45) is 0 Å². The molecule has 0 saturated carbocycles. The van der Waals surface area contributed by atoms with E-state index in [0.29, 0.717) is 0 Å². The van der Waals surface area contributed by atoms with Crippen LogP contribution in [-0.4, -0.2) is 0 Å². The minimum atomic E-state index is -2.06. The van der Waals surface area contributed by atoms with Gasteiger partial charge in [-0.25, -0.2) is 4.52 Å². The lowest BCUT2D eigenvalue weighted by Crippen LogP contribution is -2.30. The van der Waals surface area contributed by atoms with Crippen LogP contribution < -0.4 is 15.9 Å². The van der Waals surface area contributed by atoms with Gasteiger partial charge in [0.05, 0.1) is 0 Å². The Labute approximate surface area is 138 Å². The van der Waals surface area contributed by atoms with Crippen LogP contribution >= 0.6 is 7.49 Å². The van der Waals surface area contributed by atoms with E-state index in [1.807, 2.05) is 0 Å². The Balaban J connectivity index is 2.07. The van der Waals surface area contributed by atoms with Crippen molar-refractivity contribution in [2.75, 3.05) is 0 Å². The minimum Gasteiger partial charge on any atom is -0.211 e. The molecule has 0 bridgehead atoms. The quantitative estimate of drug-likeness (QED) is 0.645. The molecule has 114 valence electrons. The van der Waals surface area contributed by atoms with Gasteiger partial charge in [0.15, 0.2) is 0 Å². The first kappa shape index (κ1) is 14.6. The third-order valence-corrected chi connectivity index (χ3v) is 8.35. The van der Waals surface area contributed by atoms with E-state index in [0.717, 1.165) is 0 Å². The number of benzene rings is 3. The summed E-state index contributed by atoms with van der Waals surface area (Å²) in [5.74, 6) is 0. The van der Waals surface area contributed by atoms with Crippen molar-refractivity contribution in [1.29, 1.82) is 0 Å². The molecule has 0 unspecified atom stereocenters. The highest BCUT2D eigenvalue weighted by Crippen LogP contribution is 2.65. The van der Waals surface area contributed by atoms with Gasteiger partial charge in [0.25, 0.3) is 0 Å². The number of hydrogen-bond acceptors (Lipinski definition) is 1. The second-order valence-electron chi connectivity index (χ2n) is 6.40. The van der Waals surface area contributed by atoms with Gasteiger partial charge in [0.1, 0.15) is 21.5 Å². The van der Waals surface area contributed by atoms with Crippen molar-refractivity contribution in [3.05, 3.63) is 90.5 Å². The number of rotatable bonds is 2. The molecule has 0 N–H and O–H groups in total. The summed E-state index contributed by atoms with van der Waals surface area (Å²) in [5, 5.41) is 3.91. The summed E-state index contributed by atoms with van der Waals surface area (Å²) in [6, 6.07) is 30.1. The Bertz CT molecular complexity index is 785. The summed E-state index contributed by atoms with van der Waals surface area (Å²) in [5.41, 5.74) is 1.02. The molecule has 0 aromatic heterocycles. The third kappa shape index (κ3) is 2.16. The van der Waals surface area contributed by atoms with Crippen LogP contribution in [0.5, 0.6) is 0 Å². The van der Waals surface area contributed by atoms with Gasteiger partial charge < -0.3 is 0 Å². The van der Waals surface area contributed by atoms with E-state index in [1.165, 1.54) is 21.5 Å². The molecular formula is C21H20OP+. The van der Waals surface area contributed by atoms with Gasteiger partial charge in [-0.1, -0.05) is 54.6 Å². The van der Waals surface area contributed by atoms with Crippen molar-refractivity contribution in [3.63, 3.8) is 0 Å². The first-order valence-corrected chi connectivity index (χ1v) is 9.66. The van der Waals surface area contributed by atoms with Gasteiger partial charge in [0, 0.05) is 5.56 Å². The molecule has 4 rings (SSSR count). The van der Waals surface area contributed by atoms with Crippen molar-refractivity contribution in [3.8, 4) is 0 Å². The molecular weight excluding hydrogens is 299 g/mol. The van der Waals surface area contributed by atoms with Crippen molar-refractivity contribution < 1.29 is 4.52 Å². The average Bonchev–Trinajstić information content (AvgIpc) is 2.86. The fourth-order valence-electron chi connectivity index (χ4n) is 3.51. The van der Waals surface area contributed by atoms with Crippen LogP contribution in [0, 0.1) is 0 Å². The van der Waals surface area contributed by atoms with Crippen molar-refractivity contribution >= 4 is 23.4 Å². The minimum absolute atomic E-state index is 0.282. The molecule has 23 heavy (non-hydrogen) atoms. The predicted molar refractivity (Wildman–Crippen MR) is 99.3 cm³/mol. The van der Waals surface area contributed by atoms with Gasteiger partial charge >= 0.3 is 0 Å². The molecule has 0 fully saturated rings. The Kier molecular flexibility index (Phi) is 3.37. The zero-order chi connectivity index (χ0) is 15.9. The molecule has 1 aliphatic rings. The Hall–Kier alpha value is -1.95. The molecule has 3 aromatic rings. The molecule has 0 spiro atoms. The Morgan fingerprint density at radius 2 is 1.13 bits per heavy atom. The molecule has 1 aliphatic heterocycles. The van der Waals surface area contributed by atoms with E-state index >= 15 is 0 Å². The summed E-state index contributed by atoms with van der Waals surface area (Å²) < 4.78 is 6.89. The van der Waals surface area contributed by atoms with E-state index in [9.17, 15) is 0 Å². The SMILES string of the molecule is CC1(C)O[P+](c2ccccc2)(c2ccccc2)c2ccccc21. The fraction of sp³-hybridized carbons (Fsp3) is 0.143. The molecule has 2 heteroatoms. The molecule has 1 heterocycles. The zero-order valence-corrected chi connectivity index (χ0v) is 14.3. The zero-order valence-electron chi connectivity index (χ0n) is 13.4. The summed E-state index contributed by atoms with van der Waals surface area (Å²) >= 11 is 0. The standard InChI is InChI=1S/C21H20OP/c1-21(2)19-15-9-10-16-20(19)23(22-21,17-11-5-3-6-12-17)18-13-7-4-8-14-18/h3-16H,1-2H3/q+1. The lowest BCUT2D eigenvalue weighted by Gasteiger charge is -2.24. The first-order valence-electron chi connectivity index (χ1n) is 7.96. The second kappa shape index (κ2) is 5.30. The van der Waals surface area contributed by atoms with E-state index in [-0.39, 0.29) is 5.60 Å². The Morgan fingerprint density at radius 3 is 1.70 bits per heavy atom. The van der Waals surface area contributed by atoms with Crippen LogP contribution in [0.3, 0.4) is 0 Å². The van der Waals surface area contributed by atoms with Crippen LogP contribution in [-0.2, 0) is 10.1 Å². The predicted octanol–water partition coefficient (Wildman–Crippen LogP) is 4.16. The maximum atomic E-state index is 6.89. The number of hydrogen-bond donors (Lipinski definition) is 0. The first-order chi connectivity index (χ1) is 11.1. The summed E-state index contributed by atoms with van der Waals surface area (Å²) in [7, 11) is -2.06. The molecule has 0 radical (unpaired) electrons. The molecule has 0 amide bonds. The lowest BCUT2D eigenvalue weighted by molar-refractivity contribution is 0.140. The van der Waals surface area contributed by atoms with Crippen LogP contribution in [0.1, 0.15) is 19.4 Å². The monoisotopic (exact) mass is 319 g/mol. The van der Waals surface area contributed by atoms with E-state index in [4.69, 9.17) is 4.52 Å². The van der Waals surface area contributed by atoms with Gasteiger partial charge in [-0.05, 0) is 44.2 Å². The summed E-state index contributed by atoms with van der Waals surface area (Å²) in [4.78, 5) is 0. The summed E-state index contributed by atoms with van der Waals surface area (Å²) in [6.07, 6.45) is 0. The fourth-order valence-corrected chi connectivity index (χ4v) is 7.62. The maximum absolute atomic E-state index is 6.89. The van der Waals surface area contributed by atoms with Gasteiger partial charge in [-0.15, -0.1) is 0 Å². The average molecular weight is 319 g/mol. The maximum Gasteiger partial charge on any atom is 0.243 e.